The van der Waals surface area contributed by atoms with Crippen LogP contribution in [0.3, 0.4) is 0 Å². The van der Waals surface area contributed by atoms with Crippen LogP contribution >= 0.6 is 7.60 Å². The van der Waals surface area contributed by atoms with Crippen molar-refractivity contribution in [2.24, 2.45) is 5.92 Å². The maximum atomic E-state index is 12.3. The fourth-order valence-electron chi connectivity index (χ4n) is 1.56. The average Bonchev–Trinajstić information content (AvgIpc) is 2.49. The van der Waals surface area contributed by atoms with Gasteiger partial charge in [0.05, 0.1) is 26.0 Å². The molecule has 9 nitrogen and oxygen atoms in total. The number of aliphatic hydroxyl groups is 1. The van der Waals surface area contributed by atoms with E-state index in [1.54, 1.807) is 13.8 Å². The minimum atomic E-state index is -3.34. The van der Waals surface area contributed by atoms with Crippen LogP contribution in [0.1, 0.15) is 13.8 Å². The third-order valence-corrected chi connectivity index (χ3v) is 4.39. The van der Waals surface area contributed by atoms with Crippen molar-refractivity contribution in [1.82, 2.24) is 9.71 Å². The Morgan fingerprint density at radius 1 is 1.43 bits per heavy atom. The zero-order valence-electron chi connectivity index (χ0n) is 13.1. The molecule has 1 atom stereocenters. The highest BCUT2D eigenvalue weighted by atomic mass is 31.2. The first-order chi connectivity index (χ1) is 10.9. The Kier molecular flexibility index (Phi) is 7.97. The van der Waals surface area contributed by atoms with Gasteiger partial charge in [0.2, 0.25) is 0 Å². The van der Waals surface area contributed by atoms with Gasteiger partial charge in [-0.2, -0.15) is 4.98 Å². The van der Waals surface area contributed by atoms with Gasteiger partial charge in [0.15, 0.2) is 0 Å². The van der Waals surface area contributed by atoms with Gasteiger partial charge in [-0.3, -0.25) is 4.57 Å². The molecule has 130 valence electrons. The van der Waals surface area contributed by atoms with E-state index in [2.05, 4.69) is 4.98 Å². The first-order valence-electron chi connectivity index (χ1n) is 7.11. The molecule has 0 aliphatic heterocycles. The number of anilines is 1. The molecule has 1 unspecified atom stereocenters. The van der Waals surface area contributed by atoms with E-state index in [-0.39, 0.29) is 32.2 Å². The smallest absolute Gasteiger partial charge is 0.382 e. The minimum Gasteiger partial charge on any atom is -0.409 e. The lowest BCUT2D eigenvalue weighted by atomic mass is 10.2. The average molecular weight is 347 g/mol. The summed E-state index contributed by atoms with van der Waals surface area (Å²) >= 11 is 0. The molecule has 23 heavy (non-hydrogen) atoms. The second-order valence-electron chi connectivity index (χ2n) is 4.42. The van der Waals surface area contributed by atoms with Crippen molar-refractivity contribution < 1.29 is 23.6 Å². The highest BCUT2D eigenvalue weighted by molar-refractivity contribution is 7.57. The highest BCUT2D eigenvalue weighted by Crippen LogP contribution is 2.49. The predicted octanol–water partition coefficient (Wildman–Crippen LogP) is 0.642. The second-order valence-corrected chi connectivity index (χ2v) is 6.31. The van der Waals surface area contributed by atoms with Crippen LogP contribution in [0.2, 0.25) is 0 Å². The number of rotatable bonds is 10. The molecular weight excluding hydrogens is 325 g/mol. The quantitative estimate of drug-likeness (QED) is 0.591. The van der Waals surface area contributed by atoms with E-state index in [4.69, 9.17) is 19.6 Å². The molecule has 0 aliphatic rings. The number of aliphatic hydroxyl groups excluding tert-OH is 1. The van der Waals surface area contributed by atoms with E-state index >= 15 is 0 Å². The van der Waals surface area contributed by atoms with Gasteiger partial charge in [-0.1, -0.05) is 6.08 Å². The zero-order chi connectivity index (χ0) is 17.3. The topological polar surface area (TPSA) is 126 Å². The molecule has 0 radical (unpaired) electrons. The molecule has 0 bridgehead atoms. The van der Waals surface area contributed by atoms with Crippen molar-refractivity contribution in [2.45, 2.75) is 13.8 Å². The van der Waals surface area contributed by atoms with Gasteiger partial charge in [-0.15, -0.1) is 4.73 Å². The van der Waals surface area contributed by atoms with Crippen molar-refractivity contribution in [3.63, 3.8) is 0 Å². The maximum Gasteiger partial charge on any atom is 0.382 e. The van der Waals surface area contributed by atoms with Crippen molar-refractivity contribution in [3.8, 4) is 0 Å². The standard InChI is InChI=1S/C13H22N3O6P/c1-3-21-23(19,22-4-2)8-6-11(9-17)10-20-16-7-5-12(14)15-13(16)18/h5-8,11,17H,3-4,9-10H2,1-2H3,(H2,14,15,18). The number of hydrogen-bond donors (Lipinski definition) is 2. The van der Waals surface area contributed by atoms with E-state index in [9.17, 15) is 14.5 Å². The molecule has 0 aliphatic carbocycles. The maximum absolute atomic E-state index is 12.3. The first-order valence-corrected chi connectivity index (χ1v) is 8.72. The number of hydrogen-bond acceptors (Lipinski definition) is 8. The molecule has 0 saturated heterocycles. The number of nitrogen functional groups attached to an aromatic ring is 1. The van der Waals surface area contributed by atoms with Crippen LogP contribution in [0.5, 0.6) is 0 Å². The second kappa shape index (κ2) is 9.46. The number of nitrogens with two attached hydrogens (primary N) is 1. The molecule has 0 spiro atoms. The van der Waals surface area contributed by atoms with Gasteiger partial charge >= 0.3 is 13.3 Å². The largest absolute Gasteiger partial charge is 0.409 e. The predicted molar refractivity (Wildman–Crippen MR) is 84.9 cm³/mol. The van der Waals surface area contributed by atoms with Crippen LogP contribution in [0.15, 0.2) is 29.0 Å². The molecule has 0 amide bonds. The fraction of sp³-hybridized carbons (Fsp3) is 0.538. The summed E-state index contributed by atoms with van der Waals surface area (Å²) in [6.45, 7) is 3.56. The Hall–Kier alpha value is -1.67. The molecular formula is C13H22N3O6P. The Labute approximate surface area is 134 Å². The highest BCUT2D eigenvalue weighted by Gasteiger charge is 2.20. The van der Waals surface area contributed by atoms with Gasteiger partial charge < -0.3 is 24.7 Å². The Bertz CT molecular complexity index is 608. The van der Waals surface area contributed by atoms with Crippen LogP contribution in [0.4, 0.5) is 5.82 Å². The molecule has 1 aromatic heterocycles. The van der Waals surface area contributed by atoms with E-state index in [1.807, 2.05) is 0 Å². The van der Waals surface area contributed by atoms with Crippen molar-refractivity contribution in [1.29, 1.82) is 0 Å². The third kappa shape index (κ3) is 6.54. The van der Waals surface area contributed by atoms with E-state index in [0.717, 1.165) is 4.73 Å². The molecule has 0 aromatic carbocycles. The molecule has 0 saturated carbocycles. The Morgan fingerprint density at radius 3 is 2.61 bits per heavy atom. The van der Waals surface area contributed by atoms with Gasteiger partial charge in [-0.05, 0) is 13.8 Å². The summed E-state index contributed by atoms with van der Waals surface area (Å²) in [6.07, 6.45) is 2.80. The SMILES string of the molecule is CCOP(=O)(C=CC(CO)COn1ccc(N)nc1=O)OCC. The van der Waals surface area contributed by atoms with Crippen LogP contribution in [0.25, 0.3) is 0 Å². The summed E-state index contributed by atoms with van der Waals surface area (Å²) in [7, 11) is -3.34. The lowest BCUT2D eigenvalue weighted by Crippen LogP contribution is -2.32. The Balaban J connectivity index is 2.71. The molecule has 3 N–H and O–H groups in total. The van der Waals surface area contributed by atoms with Gasteiger partial charge in [-0.25, -0.2) is 4.79 Å². The normalized spacial score (nSPS) is 13.3. The zero-order valence-corrected chi connectivity index (χ0v) is 14.0. The molecule has 0 fully saturated rings. The molecule has 1 heterocycles. The number of aromatic nitrogens is 2. The van der Waals surface area contributed by atoms with Gasteiger partial charge in [0, 0.05) is 17.8 Å². The summed E-state index contributed by atoms with van der Waals surface area (Å²) < 4.78 is 23.4. The first kappa shape index (κ1) is 19.4. The van der Waals surface area contributed by atoms with E-state index in [1.165, 1.54) is 24.2 Å². The summed E-state index contributed by atoms with van der Waals surface area (Å²) in [5, 5.41) is 9.35. The van der Waals surface area contributed by atoms with Gasteiger partial charge in [0.25, 0.3) is 0 Å². The molecule has 1 aromatic rings. The molecule has 1 rings (SSSR count). The lowest BCUT2D eigenvalue weighted by Gasteiger charge is -2.15. The monoisotopic (exact) mass is 347 g/mol. The minimum absolute atomic E-state index is 0.0310. The third-order valence-electron chi connectivity index (χ3n) is 2.62. The van der Waals surface area contributed by atoms with Gasteiger partial charge in [0.1, 0.15) is 12.4 Å². The van der Waals surface area contributed by atoms with Crippen LogP contribution < -0.4 is 16.3 Å². The van der Waals surface area contributed by atoms with Crippen molar-refractivity contribution in [3.05, 3.63) is 34.6 Å². The van der Waals surface area contributed by atoms with Crippen molar-refractivity contribution in [2.75, 3.05) is 32.2 Å². The summed E-state index contributed by atoms with van der Waals surface area (Å²) in [4.78, 5) is 20.3. The van der Waals surface area contributed by atoms with Crippen LogP contribution in [-0.2, 0) is 13.6 Å². The Morgan fingerprint density at radius 2 is 2.09 bits per heavy atom. The van der Waals surface area contributed by atoms with E-state index < -0.39 is 19.2 Å². The van der Waals surface area contributed by atoms with Crippen molar-refractivity contribution >= 4 is 13.4 Å². The number of nitrogens with zero attached hydrogens (tertiary/aromatic N) is 2. The van der Waals surface area contributed by atoms with Crippen LogP contribution in [0, 0.1) is 5.92 Å². The fourth-order valence-corrected chi connectivity index (χ4v) is 2.98. The van der Waals surface area contributed by atoms with E-state index in [0.29, 0.717) is 0 Å². The summed E-state index contributed by atoms with van der Waals surface area (Å²) in [5.41, 5.74) is 4.71. The van der Waals surface area contributed by atoms with Crippen LogP contribution in [-0.4, -0.2) is 41.2 Å². The summed E-state index contributed by atoms with van der Waals surface area (Å²) in [5.74, 6) is 0.866. The summed E-state index contributed by atoms with van der Waals surface area (Å²) in [6, 6.07) is 1.41. The lowest BCUT2D eigenvalue weighted by molar-refractivity contribution is 0.0646. The molecule has 10 heteroatoms.